The lowest BCUT2D eigenvalue weighted by Gasteiger charge is -2.23. The van der Waals surface area contributed by atoms with Crippen molar-refractivity contribution in [2.45, 2.75) is 59.4 Å². The van der Waals surface area contributed by atoms with E-state index in [0.29, 0.717) is 19.1 Å². The average molecular weight is 292 g/mol. The van der Waals surface area contributed by atoms with Crippen LogP contribution < -0.4 is 5.32 Å². The Bertz CT molecular complexity index is 434. The van der Waals surface area contributed by atoms with Gasteiger partial charge in [-0.2, -0.15) is 0 Å². The van der Waals surface area contributed by atoms with Crippen LogP contribution in [-0.4, -0.2) is 35.8 Å². The molecule has 0 aromatic carbocycles. The molecule has 0 heterocycles. The molecule has 0 atom stereocenters. The second kappa shape index (κ2) is 8.65. The van der Waals surface area contributed by atoms with Crippen molar-refractivity contribution in [2.75, 3.05) is 13.1 Å². The third-order valence-corrected chi connectivity index (χ3v) is 3.60. The molecule has 21 heavy (non-hydrogen) atoms. The molecule has 1 saturated carbocycles. The number of nitrogens with zero attached hydrogens (tertiary/aromatic N) is 1. The molecule has 0 spiro atoms. The maximum absolute atomic E-state index is 12.4. The molecule has 118 valence electrons. The molecule has 0 saturated heterocycles. The smallest absolute Gasteiger partial charge is 0.249 e. The van der Waals surface area contributed by atoms with Gasteiger partial charge in [-0.1, -0.05) is 26.0 Å². The van der Waals surface area contributed by atoms with E-state index in [1.165, 1.54) is 0 Å². The fraction of sp³-hybridized carbons (Fsp3) is 0.647. The van der Waals surface area contributed by atoms with Gasteiger partial charge in [-0.05, 0) is 39.5 Å². The number of amides is 2. The van der Waals surface area contributed by atoms with Crippen molar-refractivity contribution in [1.82, 2.24) is 10.2 Å². The van der Waals surface area contributed by atoms with E-state index in [0.717, 1.165) is 36.8 Å². The molecule has 1 fully saturated rings. The zero-order valence-electron chi connectivity index (χ0n) is 13.7. The minimum absolute atomic E-state index is 0.0409. The highest BCUT2D eigenvalue weighted by Gasteiger charge is 2.32. The van der Waals surface area contributed by atoms with E-state index < -0.39 is 0 Å². The van der Waals surface area contributed by atoms with Gasteiger partial charge in [-0.15, -0.1) is 0 Å². The van der Waals surface area contributed by atoms with Crippen LogP contribution in [0, 0.1) is 0 Å². The van der Waals surface area contributed by atoms with Gasteiger partial charge in [-0.3, -0.25) is 9.59 Å². The molecule has 2 amide bonds. The zero-order valence-corrected chi connectivity index (χ0v) is 13.7. The van der Waals surface area contributed by atoms with Crippen LogP contribution in [0.15, 0.2) is 23.3 Å². The van der Waals surface area contributed by atoms with E-state index in [2.05, 4.69) is 5.32 Å². The van der Waals surface area contributed by atoms with Gasteiger partial charge in [0.15, 0.2) is 0 Å². The van der Waals surface area contributed by atoms with E-state index in [4.69, 9.17) is 0 Å². The van der Waals surface area contributed by atoms with Gasteiger partial charge in [0, 0.05) is 30.3 Å². The van der Waals surface area contributed by atoms with Crippen LogP contribution in [-0.2, 0) is 9.59 Å². The van der Waals surface area contributed by atoms with Crippen LogP contribution in [0.3, 0.4) is 0 Å². The standard InChI is InChI=1S/C17H28N2O2/c1-5-7-13(3)16(20)18-11-12-19(15-9-10-15)17(21)14(4)8-6-2/h7-8,15H,5-6,9-12H2,1-4H3,(H,18,20). The van der Waals surface area contributed by atoms with E-state index in [-0.39, 0.29) is 11.8 Å². The summed E-state index contributed by atoms with van der Waals surface area (Å²) in [5, 5.41) is 2.89. The quantitative estimate of drug-likeness (QED) is 0.699. The first-order valence-electron chi connectivity index (χ1n) is 7.93. The molecule has 1 rings (SSSR count). The fourth-order valence-electron chi connectivity index (χ4n) is 2.28. The summed E-state index contributed by atoms with van der Waals surface area (Å²) in [6.45, 7) is 8.82. The number of hydrogen-bond acceptors (Lipinski definition) is 2. The molecule has 4 heteroatoms. The summed E-state index contributed by atoms with van der Waals surface area (Å²) >= 11 is 0. The highest BCUT2D eigenvalue weighted by atomic mass is 16.2. The number of nitrogens with one attached hydrogen (secondary N) is 1. The van der Waals surface area contributed by atoms with Crippen molar-refractivity contribution in [3.8, 4) is 0 Å². The SMILES string of the molecule is CCC=C(C)C(=O)NCCN(C(=O)C(C)=CCC)C1CC1. The molecular weight excluding hydrogens is 264 g/mol. The van der Waals surface area contributed by atoms with Crippen molar-refractivity contribution in [2.24, 2.45) is 0 Å². The Hall–Kier alpha value is -1.58. The van der Waals surface area contributed by atoms with E-state index in [1.807, 2.05) is 44.7 Å². The van der Waals surface area contributed by atoms with Crippen molar-refractivity contribution >= 4 is 11.8 Å². The highest BCUT2D eigenvalue weighted by molar-refractivity contribution is 5.94. The lowest BCUT2D eigenvalue weighted by molar-refractivity contribution is -0.128. The minimum atomic E-state index is -0.0409. The van der Waals surface area contributed by atoms with Gasteiger partial charge >= 0.3 is 0 Å². The summed E-state index contributed by atoms with van der Waals surface area (Å²) in [5.41, 5.74) is 1.54. The van der Waals surface area contributed by atoms with Gasteiger partial charge in [0.1, 0.15) is 0 Å². The van der Waals surface area contributed by atoms with Gasteiger partial charge in [0.2, 0.25) is 11.8 Å². The highest BCUT2D eigenvalue weighted by Crippen LogP contribution is 2.27. The molecule has 0 bridgehead atoms. The number of rotatable bonds is 8. The van der Waals surface area contributed by atoms with Crippen LogP contribution in [0.1, 0.15) is 53.4 Å². The number of hydrogen-bond donors (Lipinski definition) is 1. The lowest BCUT2D eigenvalue weighted by Crippen LogP contribution is -2.40. The number of allylic oxidation sites excluding steroid dienone is 2. The summed E-state index contributed by atoms with van der Waals surface area (Å²) in [7, 11) is 0. The Morgan fingerprint density at radius 3 is 2.19 bits per heavy atom. The molecular formula is C17H28N2O2. The molecule has 1 aliphatic rings. The van der Waals surface area contributed by atoms with Gasteiger partial charge < -0.3 is 10.2 Å². The van der Waals surface area contributed by atoms with Gasteiger partial charge in [0.25, 0.3) is 0 Å². The third kappa shape index (κ3) is 5.74. The van der Waals surface area contributed by atoms with E-state index in [9.17, 15) is 9.59 Å². The first-order chi connectivity index (χ1) is 10.0. The van der Waals surface area contributed by atoms with E-state index in [1.54, 1.807) is 0 Å². The van der Waals surface area contributed by atoms with Crippen molar-refractivity contribution in [3.63, 3.8) is 0 Å². The predicted octanol–water partition coefficient (Wildman–Crippen LogP) is 2.81. The fourth-order valence-corrected chi connectivity index (χ4v) is 2.28. The number of carbonyl (C=O) groups is 2. The number of carbonyl (C=O) groups excluding carboxylic acids is 2. The lowest BCUT2D eigenvalue weighted by atomic mass is 10.2. The van der Waals surface area contributed by atoms with Crippen molar-refractivity contribution < 1.29 is 9.59 Å². The van der Waals surface area contributed by atoms with Crippen LogP contribution in [0.5, 0.6) is 0 Å². The molecule has 0 aromatic rings. The maximum atomic E-state index is 12.4. The predicted molar refractivity (Wildman–Crippen MR) is 85.8 cm³/mol. The second-order valence-corrected chi connectivity index (χ2v) is 5.58. The molecule has 0 aliphatic heterocycles. The van der Waals surface area contributed by atoms with Crippen LogP contribution in [0.25, 0.3) is 0 Å². The molecule has 0 unspecified atom stereocenters. The summed E-state index contributed by atoms with van der Waals surface area (Å²) in [5.74, 6) is 0.0651. The summed E-state index contributed by atoms with van der Waals surface area (Å²) in [4.78, 5) is 26.1. The summed E-state index contributed by atoms with van der Waals surface area (Å²) in [6, 6.07) is 0.363. The molecule has 0 radical (unpaired) electrons. The third-order valence-electron chi connectivity index (χ3n) is 3.60. The molecule has 0 aromatic heterocycles. The largest absolute Gasteiger partial charge is 0.351 e. The van der Waals surface area contributed by atoms with Crippen molar-refractivity contribution in [1.29, 1.82) is 0 Å². The Morgan fingerprint density at radius 1 is 1.10 bits per heavy atom. The molecule has 4 nitrogen and oxygen atoms in total. The van der Waals surface area contributed by atoms with Crippen LogP contribution >= 0.6 is 0 Å². The van der Waals surface area contributed by atoms with Crippen LogP contribution in [0.4, 0.5) is 0 Å². The Balaban J connectivity index is 2.50. The molecule has 1 aliphatic carbocycles. The Morgan fingerprint density at radius 2 is 1.67 bits per heavy atom. The van der Waals surface area contributed by atoms with Gasteiger partial charge in [0.05, 0.1) is 0 Å². The minimum Gasteiger partial charge on any atom is -0.351 e. The van der Waals surface area contributed by atoms with Crippen LogP contribution in [0.2, 0.25) is 0 Å². The van der Waals surface area contributed by atoms with E-state index >= 15 is 0 Å². The second-order valence-electron chi connectivity index (χ2n) is 5.58. The monoisotopic (exact) mass is 292 g/mol. The maximum Gasteiger partial charge on any atom is 0.249 e. The Kier molecular flexibility index (Phi) is 7.20. The summed E-state index contributed by atoms with van der Waals surface area (Å²) in [6.07, 6.45) is 7.75. The Labute approximate surface area is 128 Å². The average Bonchev–Trinajstić information content (AvgIpc) is 3.27. The zero-order chi connectivity index (χ0) is 15.8. The first kappa shape index (κ1) is 17.5. The first-order valence-corrected chi connectivity index (χ1v) is 7.93. The summed E-state index contributed by atoms with van der Waals surface area (Å²) < 4.78 is 0. The topological polar surface area (TPSA) is 49.4 Å². The van der Waals surface area contributed by atoms with Gasteiger partial charge in [-0.25, -0.2) is 0 Å². The molecule has 1 N–H and O–H groups in total. The normalized spacial score (nSPS) is 15.8. The van der Waals surface area contributed by atoms with Crippen molar-refractivity contribution in [3.05, 3.63) is 23.3 Å².